The fourth-order valence-corrected chi connectivity index (χ4v) is 3.30. The minimum absolute atomic E-state index is 0.0441. The molecule has 2 rings (SSSR count). The molecule has 0 aliphatic carbocycles. The normalized spacial score (nSPS) is 22.4. The highest BCUT2D eigenvalue weighted by Crippen LogP contribution is 2.25. The van der Waals surface area contributed by atoms with Crippen molar-refractivity contribution in [2.45, 2.75) is 44.9 Å². The molecule has 3 atom stereocenters. The first-order chi connectivity index (χ1) is 9.59. The Morgan fingerprint density at radius 1 is 1.30 bits per heavy atom. The Morgan fingerprint density at radius 2 is 2.00 bits per heavy atom. The number of hydrogen-bond donors (Lipinski definition) is 1. The third kappa shape index (κ3) is 3.81. The molecule has 0 saturated carbocycles. The fourth-order valence-electron chi connectivity index (χ4n) is 3.30. The zero-order chi connectivity index (χ0) is 14.5. The van der Waals surface area contributed by atoms with Gasteiger partial charge >= 0.3 is 0 Å². The first kappa shape index (κ1) is 15.5. The molecule has 1 saturated heterocycles. The number of nitrogens with zero attached hydrogens (tertiary/aromatic N) is 1. The van der Waals surface area contributed by atoms with Crippen LogP contribution in [-0.4, -0.2) is 37.2 Å². The molecule has 0 bridgehead atoms. The molecule has 0 spiro atoms. The van der Waals surface area contributed by atoms with E-state index in [0.29, 0.717) is 18.1 Å². The summed E-state index contributed by atoms with van der Waals surface area (Å²) >= 11 is 0. The minimum atomic E-state index is 0.0441. The Morgan fingerprint density at radius 3 is 2.55 bits per heavy atom. The lowest BCUT2D eigenvalue weighted by Gasteiger charge is -2.37. The van der Waals surface area contributed by atoms with Crippen LogP contribution >= 0.6 is 0 Å². The van der Waals surface area contributed by atoms with Gasteiger partial charge in [0, 0.05) is 25.2 Å². The summed E-state index contributed by atoms with van der Waals surface area (Å²) in [6.07, 6.45) is 2.75. The van der Waals surface area contributed by atoms with Crippen molar-refractivity contribution < 1.29 is 4.74 Å². The van der Waals surface area contributed by atoms with Crippen LogP contribution in [0.15, 0.2) is 30.3 Å². The molecule has 1 aliphatic heterocycles. The Hall–Kier alpha value is -0.900. The minimum Gasteiger partial charge on any atom is -0.377 e. The lowest BCUT2D eigenvalue weighted by Crippen LogP contribution is -2.46. The number of nitrogens with two attached hydrogens (primary N) is 1. The number of benzene rings is 1. The number of likely N-dealkylation sites (N-methyl/N-ethyl adjacent to an activating group) is 1. The second-order valence-corrected chi connectivity index (χ2v) is 6.25. The summed E-state index contributed by atoms with van der Waals surface area (Å²) in [4.78, 5) is 2.39. The zero-order valence-corrected chi connectivity index (χ0v) is 13.0. The van der Waals surface area contributed by atoms with Crippen LogP contribution in [0, 0.1) is 5.92 Å². The zero-order valence-electron chi connectivity index (χ0n) is 13.0. The lowest BCUT2D eigenvalue weighted by atomic mass is 9.90. The van der Waals surface area contributed by atoms with E-state index in [1.54, 1.807) is 0 Å². The average Bonchev–Trinajstić information content (AvgIpc) is 2.92. The maximum atomic E-state index is 6.53. The van der Waals surface area contributed by atoms with Gasteiger partial charge in [0.15, 0.2) is 0 Å². The molecule has 3 nitrogen and oxygen atoms in total. The summed E-state index contributed by atoms with van der Waals surface area (Å²) in [7, 11) is 2.18. The molecular formula is C17H28N2O. The quantitative estimate of drug-likeness (QED) is 0.868. The molecule has 20 heavy (non-hydrogen) atoms. The van der Waals surface area contributed by atoms with Crippen molar-refractivity contribution in [3.05, 3.63) is 35.9 Å². The van der Waals surface area contributed by atoms with Gasteiger partial charge in [-0.25, -0.2) is 0 Å². The van der Waals surface area contributed by atoms with Crippen LogP contribution in [0.2, 0.25) is 0 Å². The van der Waals surface area contributed by atoms with Crippen LogP contribution in [0.5, 0.6) is 0 Å². The standard InChI is InChI=1S/C17H28N2O/c1-13(2)17(16(18)14-8-5-4-6-9-14)19(3)12-15-10-7-11-20-15/h4-6,8-9,13,15-17H,7,10-12,18H2,1-3H3. The summed E-state index contributed by atoms with van der Waals surface area (Å²) in [5.41, 5.74) is 7.75. The Kier molecular flexibility index (Phi) is 5.58. The van der Waals surface area contributed by atoms with E-state index in [4.69, 9.17) is 10.5 Å². The molecule has 3 unspecified atom stereocenters. The highest BCUT2D eigenvalue weighted by atomic mass is 16.5. The largest absolute Gasteiger partial charge is 0.377 e. The molecule has 1 fully saturated rings. The Balaban J connectivity index is 2.05. The van der Waals surface area contributed by atoms with E-state index in [2.05, 4.69) is 50.1 Å². The Labute approximate surface area is 123 Å². The molecule has 1 aromatic rings. The lowest BCUT2D eigenvalue weighted by molar-refractivity contribution is 0.0532. The van der Waals surface area contributed by atoms with Crippen LogP contribution in [-0.2, 0) is 4.74 Å². The van der Waals surface area contributed by atoms with Crippen LogP contribution < -0.4 is 5.73 Å². The van der Waals surface area contributed by atoms with Crippen molar-refractivity contribution >= 4 is 0 Å². The van der Waals surface area contributed by atoms with Gasteiger partial charge in [0.25, 0.3) is 0 Å². The highest BCUT2D eigenvalue weighted by molar-refractivity contribution is 5.20. The van der Waals surface area contributed by atoms with Gasteiger partial charge in [0.05, 0.1) is 6.10 Å². The van der Waals surface area contributed by atoms with Crippen LogP contribution in [0.4, 0.5) is 0 Å². The predicted molar refractivity (Wildman–Crippen MR) is 83.6 cm³/mol. The third-order valence-corrected chi connectivity index (χ3v) is 4.26. The topological polar surface area (TPSA) is 38.5 Å². The number of rotatable bonds is 6. The third-order valence-electron chi connectivity index (χ3n) is 4.26. The predicted octanol–water partition coefficient (Wildman–Crippen LogP) is 2.82. The van der Waals surface area contributed by atoms with Gasteiger partial charge in [0.2, 0.25) is 0 Å². The van der Waals surface area contributed by atoms with Gasteiger partial charge in [-0.1, -0.05) is 44.2 Å². The molecule has 1 heterocycles. The first-order valence-corrected chi connectivity index (χ1v) is 7.72. The van der Waals surface area contributed by atoms with Gasteiger partial charge in [-0.15, -0.1) is 0 Å². The second-order valence-electron chi connectivity index (χ2n) is 6.25. The van der Waals surface area contributed by atoms with Crippen LogP contribution in [0.1, 0.15) is 38.3 Å². The monoisotopic (exact) mass is 276 g/mol. The second kappa shape index (κ2) is 7.21. The maximum Gasteiger partial charge on any atom is 0.0702 e. The fraction of sp³-hybridized carbons (Fsp3) is 0.647. The molecule has 0 radical (unpaired) electrons. The van der Waals surface area contributed by atoms with Gasteiger partial charge in [-0.2, -0.15) is 0 Å². The molecule has 3 heteroatoms. The summed E-state index contributed by atoms with van der Waals surface area (Å²) in [6.45, 7) is 6.39. The molecule has 0 aromatic heterocycles. The van der Waals surface area contributed by atoms with E-state index in [1.165, 1.54) is 18.4 Å². The molecule has 1 aromatic carbocycles. The summed E-state index contributed by atoms with van der Waals surface area (Å²) in [5.74, 6) is 0.511. The van der Waals surface area contributed by atoms with E-state index >= 15 is 0 Å². The Bertz CT molecular complexity index is 387. The van der Waals surface area contributed by atoms with E-state index in [1.807, 2.05) is 6.07 Å². The van der Waals surface area contributed by atoms with Crippen LogP contribution in [0.3, 0.4) is 0 Å². The molecule has 0 amide bonds. The molecule has 1 aliphatic rings. The summed E-state index contributed by atoms with van der Waals surface area (Å²) in [6, 6.07) is 10.8. The molecular weight excluding hydrogens is 248 g/mol. The SMILES string of the molecule is CC(C)C(C(N)c1ccccc1)N(C)CC1CCCO1. The van der Waals surface area contributed by atoms with Gasteiger partial charge in [-0.3, -0.25) is 4.90 Å². The summed E-state index contributed by atoms with van der Waals surface area (Å²) in [5, 5.41) is 0. The van der Waals surface area contributed by atoms with Crippen molar-refractivity contribution in [1.82, 2.24) is 4.90 Å². The van der Waals surface area contributed by atoms with Crippen LogP contribution in [0.25, 0.3) is 0 Å². The smallest absolute Gasteiger partial charge is 0.0702 e. The molecule has 2 N–H and O–H groups in total. The summed E-state index contributed by atoms with van der Waals surface area (Å²) < 4.78 is 5.76. The maximum absolute atomic E-state index is 6.53. The van der Waals surface area contributed by atoms with Crippen molar-refractivity contribution in [1.29, 1.82) is 0 Å². The van der Waals surface area contributed by atoms with E-state index in [-0.39, 0.29) is 6.04 Å². The highest BCUT2D eigenvalue weighted by Gasteiger charge is 2.29. The number of ether oxygens (including phenoxy) is 1. The van der Waals surface area contributed by atoms with E-state index in [0.717, 1.165) is 13.2 Å². The number of hydrogen-bond acceptors (Lipinski definition) is 3. The van der Waals surface area contributed by atoms with Gasteiger partial charge in [0.1, 0.15) is 0 Å². The molecule has 112 valence electrons. The van der Waals surface area contributed by atoms with Crippen molar-refractivity contribution in [2.24, 2.45) is 11.7 Å². The van der Waals surface area contributed by atoms with Gasteiger partial charge in [-0.05, 0) is 31.4 Å². The van der Waals surface area contributed by atoms with Gasteiger partial charge < -0.3 is 10.5 Å². The van der Waals surface area contributed by atoms with E-state index in [9.17, 15) is 0 Å². The van der Waals surface area contributed by atoms with Crippen molar-refractivity contribution in [3.8, 4) is 0 Å². The first-order valence-electron chi connectivity index (χ1n) is 7.72. The average molecular weight is 276 g/mol. The van der Waals surface area contributed by atoms with E-state index < -0.39 is 0 Å². The van der Waals surface area contributed by atoms with Crippen molar-refractivity contribution in [2.75, 3.05) is 20.2 Å². The van der Waals surface area contributed by atoms with Crippen molar-refractivity contribution in [3.63, 3.8) is 0 Å².